The Morgan fingerprint density at radius 3 is 2.40 bits per heavy atom. The molecule has 2 saturated heterocycles. The second-order valence-electron chi connectivity index (χ2n) is 8.22. The molecule has 5 heteroatoms. The highest BCUT2D eigenvalue weighted by molar-refractivity contribution is 5.79. The number of amides is 1. The zero-order valence-corrected chi connectivity index (χ0v) is 15.5. The fraction of sp³-hybridized carbons (Fsp3) is 0.900. The number of rotatable bonds is 6. The first-order chi connectivity index (χ1) is 12.1. The van der Waals surface area contributed by atoms with Gasteiger partial charge in [-0.15, -0.1) is 0 Å². The van der Waals surface area contributed by atoms with E-state index in [0.29, 0.717) is 18.9 Å². The van der Waals surface area contributed by atoms with Gasteiger partial charge in [0.1, 0.15) is 0 Å². The summed E-state index contributed by atoms with van der Waals surface area (Å²) in [6.45, 7) is 4.21. The Kier molecular flexibility index (Phi) is 6.37. The van der Waals surface area contributed by atoms with Crippen molar-refractivity contribution in [2.24, 2.45) is 23.7 Å². The summed E-state index contributed by atoms with van der Waals surface area (Å²) < 4.78 is 5.74. The van der Waals surface area contributed by atoms with E-state index < -0.39 is 5.97 Å². The number of carboxylic acids is 1. The molecule has 142 valence electrons. The highest BCUT2D eigenvalue weighted by Crippen LogP contribution is 2.35. The van der Waals surface area contributed by atoms with Gasteiger partial charge in [0.2, 0.25) is 5.91 Å². The molecule has 1 amide bonds. The molecule has 2 heterocycles. The summed E-state index contributed by atoms with van der Waals surface area (Å²) in [4.78, 5) is 26.3. The van der Waals surface area contributed by atoms with Crippen LogP contribution >= 0.6 is 0 Å². The van der Waals surface area contributed by atoms with Crippen LogP contribution in [0.3, 0.4) is 0 Å². The van der Waals surface area contributed by atoms with E-state index in [4.69, 9.17) is 4.74 Å². The summed E-state index contributed by atoms with van der Waals surface area (Å²) in [5.41, 5.74) is 0. The number of piperidine rings is 1. The Morgan fingerprint density at radius 1 is 1.12 bits per heavy atom. The van der Waals surface area contributed by atoms with Crippen molar-refractivity contribution in [3.8, 4) is 0 Å². The van der Waals surface area contributed by atoms with Crippen LogP contribution in [0.5, 0.6) is 0 Å². The Hall–Kier alpha value is -1.10. The minimum atomic E-state index is -0.733. The van der Waals surface area contributed by atoms with Crippen LogP contribution in [0.1, 0.15) is 64.7 Å². The summed E-state index contributed by atoms with van der Waals surface area (Å²) >= 11 is 0. The molecule has 0 spiro atoms. The number of carbonyl (C=O) groups excluding carboxylic acids is 1. The zero-order chi connectivity index (χ0) is 17.8. The van der Waals surface area contributed by atoms with E-state index in [1.54, 1.807) is 0 Å². The van der Waals surface area contributed by atoms with Gasteiger partial charge in [-0.05, 0) is 43.9 Å². The lowest BCUT2D eigenvalue weighted by atomic mass is 9.83. The van der Waals surface area contributed by atoms with E-state index in [1.165, 1.54) is 25.7 Å². The topological polar surface area (TPSA) is 66.8 Å². The number of hydrogen-bond donors (Lipinski definition) is 1. The van der Waals surface area contributed by atoms with Gasteiger partial charge in [0, 0.05) is 25.6 Å². The highest BCUT2D eigenvalue weighted by Gasteiger charge is 2.41. The second-order valence-corrected chi connectivity index (χ2v) is 8.22. The average molecular weight is 351 g/mol. The number of nitrogens with zero attached hydrogens (tertiary/aromatic N) is 1. The molecule has 2 unspecified atom stereocenters. The van der Waals surface area contributed by atoms with E-state index in [2.05, 4.69) is 6.92 Å². The second kappa shape index (κ2) is 8.52. The summed E-state index contributed by atoms with van der Waals surface area (Å²) in [5.74, 6) is 0.433. The molecule has 2 aliphatic heterocycles. The molecule has 3 fully saturated rings. The van der Waals surface area contributed by atoms with Gasteiger partial charge >= 0.3 is 5.97 Å². The van der Waals surface area contributed by atoms with Crippen molar-refractivity contribution in [3.63, 3.8) is 0 Å². The number of carboxylic acid groups (broad SMARTS) is 1. The van der Waals surface area contributed by atoms with Gasteiger partial charge in [-0.3, -0.25) is 9.59 Å². The van der Waals surface area contributed by atoms with Gasteiger partial charge in [-0.1, -0.05) is 32.6 Å². The maximum Gasteiger partial charge on any atom is 0.309 e. The predicted molar refractivity (Wildman–Crippen MR) is 95.1 cm³/mol. The van der Waals surface area contributed by atoms with Gasteiger partial charge in [-0.25, -0.2) is 0 Å². The molecule has 3 rings (SSSR count). The van der Waals surface area contributed by atoms with Crippen molar-refractivity contribution < 1.29 is 19.4 Å². The van der Waals surface area contributed by atoms with Crippen molar-refractivity contribution >= 4 is 11.9 Å². The minimum Gasteiger partial charge on any atom is -0.481 e. The summed E-state index contributed by atoms with van der Waals surface area (Å²) in [6, 6.07) is 0. The molecule has 5 nitrogen and oxygen atoms in total. The Morgan fingerprint density at radius 2 is 1.80 bits per heavy atom. The SMILES string of the molecule is CCC(CC1CCCC1)C(=O)N1CCC([C@@H]2OCCC2C(=O)O)CC1. The van der Waals surface area contributed by atoms with E-state index in [9.17, 15) is 14.7 Å². The van der Waals surface area contributed by atoms with Crippen LogP contribution in [-0.2, 0) is 14.3 Å². The molecule has 3 aliphatic rings. The summed E-state index contributed by atoms with van der Waals surface area (Å²) in [6.07, 6.45) is 9.45. The van der Waals surface area contributed by atoms with Crippen molar-refractivity contribution in [1.29, 1.82) is 0 Å². The van der Waals surface area contributed by atoms with Crippen LogP contribution in [0, 0.1) is 23.7 Å². The third-order valence-electron chi connectivity index (χ3n) is 6.70. The number of hydrogen-bond acceptors (Lipinski definition) is 3. The number of aliphatic carboxylic acids is 1. The third kappa shape index (κ3) is 4.36. The molecule has 1 aliphatic carbocycles. The van der Waals surface area contributed by atoms with Gasteiger partial charge in [-0.2, -0.15) is 0 Å². The van der Waals surface area contributed by atoms with Crippen LogP contribution in [0.15, 0.2) is 0 Å². The summed E-state index contributed by atoms with van der Waals surface area (Å²) in [7, 11) is 0. The largest absolute Gasteiger partial charge is 0.481 e. The third-order valence-corrected chi connectivity index (χ3v) is 6.70. The molecular formula is C20H33NO4. The average Bonchev–Trinajstić information content (AvgIpc) is 3.30. The molecule has 0 aromatic heterocycles. The van der Waals surface area contributed by atoms with E-state index in [1.807, 2.05) is 4.90 Å². The lowest BCUT2D eigenvalue weighted by molar-refractivity contribution is -0.146. The van der Waals surface area contributed by atoms with Crippen LogP contribution in [0.2, 0.25) is 0 Å². The fourth-order valence-corrected chi connectivity index (χ4v) is 5.14. The Balaban J connectivity index is 1.50. The van der Waals surface area contributed by atoms with Crippen molar-refractivity contribution in [1.82, 2.24) is 4.90 Å². The van der Waals surface area contributed by atoms with E-state index in [-0.39, 0.29) is 23.9 Å². The normalized spacial score (nSPS) is 29.9. The molecule has 0 aromatic rings. The Bertz CT molecular complexity index is 466. The van der Waals surface area contributed by atoms with Gasteiger partial charge in [0.15, 0.2) is 0 Å². The maximum absolute atomic E-state index is 12.9. The quantitative estimate of drug-likeness (QED) is 0.797. The van der Waals surface area contributed by atoms with Gasteiger partial charge in [0.25, 0.3) is 0 Å². The zero-order valence-electron chi connectivity index (χ0n) is 15.5. The molecule has 0 radical (unpaired) electrons. The molecule has 3 atom stereocenters. The maximum atomic E-state index is 12.9. The number of ether oxygens (including phenoxy) is 1. The standard InChI is InChI=1S/C20H33NO4/c1-2-15(13-14-5-3-4-6-14)19(22)21-10-7-16(8-11-21)18-17(20(23)24)9-12-25-18/h14-18H,2-13H2,1H3,(H,23,24)/t15?,17?,18-/m0/s1. The number of likely N-dealkylation sites (tertiary alicyclic amines) is 1. The van der Waals surface area contributed by atoms with Gasteiger partial charge in [0.05, 0.1) is 12.0 Å². The summed E-state index contributed by atoms with van der Waals surface area (Å²) in [5, 5.41) is 9.35. The van der Waals surface area contributed by atoms with Crippen LogP contribution < -0.4 is 0 Å². The first-order valence-electron chi connectivity index (χ1n) is 10.2. The minimum absolute atomic E-state index is 0.157. The van der Waals surface area contributed by atoms with Gasteiger partial charge < -0.3 is 14.7 Å². The van der Waals surface area contributed by atoms with Crippen LogP contribution in [-0.4, -0.2) is 47.7 Å². The van der Waals surface area contributed by atoms with Crippen LogP contribution in [0.25, 0.3) is 0 Å². The van der Waals surface area contributed by atoms with Crippen LogP contribution in [0.4, 0.5) is 0 Å². The molecule has 1 N–H and O–H groups in total. The van der Waals surface area contributed by atoms with Crippen molar-refractivity contribution in [2.75, 3.05) is 19.7 Å². The highest BCUT2D eigenvalue weighted by atomic mass is 16.5. The monoisotopic (exact) mass is 351 g/mol. The molecule has 0 bridgehead atoms. The lowest BCUT2D eigenvalue weighted by Gasteiger charge is -2.37. The molecule has 1 saturated carbocycles. The molecular weight excluding hydrogens is 318 g/mol. The first kappa shape index (κ1) is 18.7. The van der Waals surface area contributed by atoms with E-state index >= 15 is 0 Å². The molecule has 25 heavy (non-hydrogen) atoms. The fourth-order valence-electron chi connectivity index (χ4n) is 5.14. The Labute approximate surface area is 151 Å². The van der Waals surface area contributed by atoms with Crippen molar-refractivity contribution in [2.45, 2.75) is 70.8 Å². The van der Waals surface area contributed by atoms with Crippen molar-refractivity contribution in [3.05, 3.63) is 0 Å². The van der Waals surface area contributed by atoms with E-state index in [0.717, 1.165) is 44.7 Å². The lowest BCUT2D eigenvalue weighted by Crippen LogP contribution is -2.45. The predicted octanol–water partition coefficient (Wildman–Crippen LogP) is 3.32. The first-order valence-corrected chi connectivity index (χ1v) is 10.2. The molecule has 0 aromatic carbocycles. The number of carbonyl (C=O) groups is 2. The smallest absolute Gasteiger partial charge is 0.309 e.